The fraction of sp³-hybridized carbons (Fsp3) is 0.632. The summed E-state index contributed by atoms with van der Waals surface area (Å²) in [4.78, 5) is 12.9. The van der Waals surface area contributed by atoms with Crippen molar-refractivity contribution in [3.63, 3.8) is 0 Å². The first-order valence-electron chi connectivity index (χ1n) is 9.59. The van der Waals surface area contributed by atoms with Gasteiger partial charge in [0, 0.05) is 11.5 Å². The molecule has 11 heteroatoms. The van der Waals surface area contributed by atoms with Crippen LogP contribution in [0.2, 0.25) is 0 Å². The molecule has 0 spiro atoms. The summed E-state index contributed by atoms with van der Waals surface area (Å²) >= 11 is 0. The van der Waals surface area contributed by atoms with Gasteiger partial charge in [0.05, 0.1) is 23.1 Å². The highest BCUT2D eigenvalue weighted by atomic mass is 32.2. The predicted molar refractivity (Wildman–Crippen MR) is 101 cm³/mol. The Labute approximate surface area is 171 Å². The first-order chi connectivity index (χ1) is 13.8. The van der Waals surface area contributed by atoms with Gasteiger partial charge in [-0.3, -0.25) is 9.52 Å². The minimum absolute atomic E-state index is 0.222. The molecule has 2 aliphatic carbocycles. The molecule has 1 aromatic carbocycles. The van der Waals surface area contributed by atoms with E-state index in [0.29, 0.717) is 44.2 Å². The Balaban J connectivity index is 1.90. The van der Waals surface area contributed by atoms with Crippen LogP contribution in [0.5, 0.6) is 0 Å². The third-order valence-electron chi connectivity index (χ3n) is 6.03. The molecule has 0 saturated heterocycles. The molecule has 3 unspecified atom stereocenters. The van der Waals surface area contributed by atoms with Crippen LogP contribution >= 0.6 is 0 Å². The molecule has 2 fully saturated rings. The van der Waals surface area contributed by atoms with E-state index in [4.69, 9.17) is 0 Å². The highest BCUT2D eigenvalue weighted by molar-refractivity contribution is 7.92. The van der Waals surface area contributed by atoms with E-state index in [1.54, 1.807) is 0 Å². The molecule has 2 saturated carbocycles. The topological polar surface area (TPSA) is 75.3 Å². The summed E-state index contributed by atoms with van der Waals surface area (Å²) in [5.41, 5.74) is -2.59. The molecular formula is C19H23F5N2O3S. The van der Waals surface area contributed by atoms with Crippen molar-refractivity contribution in [3.05, 3.63) is 29.3 Å². The van der Waals surface area contributed by atoms with Crippen LogP contribution in [0, 0.1) is 11.8 Å². The van der Waals surface area contributed by atoms with Gasteiger partial charge in [-0.2, -0.15) is 13.2 Å². The van der Waals surface area contributed by atoms with E-state index >= 15 is 0 Å². The summed E-state index contributed by atoms with van der Waals surface area (Å²) < 4.78 is 91.2. The Bertz CT molecular complexity index is 919. The average Bonchev–Trinajstić information content (AvgIpc) is 2.59. The highest BCUT2D eigenvalue weighted by Crippen LogP contribution is 2.48. The van der Waals surface area contributed by atoms with E-state index in [9.17, 15) is 35.2 Å². The molecule has 0 aromatic heterocycles. The number of sulfonamides is 1. The molecule has 2 N–H and O–H groups in total. The van der Waals surface area contributed by atoms with Crippen LogP contribution < -0.4 is 10.0 Å². The number of fused-ring (bicyclic) bond motifs is 2. The van der Waals surface area contributed by atoms with E-state index < -0.39 is 51.1 Å². The molecule has 0 heterocycles. The molecule has 3 rings (SSSR count). The van der Waals surface area contributed by atoms with E-state index in [1.807, 2.05) is 0 Å². The molecule has 0 radical (unpaired) electrons. The van der Waals surface area contributed by atoms with E-state index in [2.05, 4.69) is 10.0 Å². The minimum Gasteiger partial charge on any atom is -0.347 e. The predicted octanol–water partition coefficient (Wildman–Crippen LogP) is 4.41. The lowest BCUT2D eigenvalue weighted by Gasteiger charge is -2.49. The van der Waals surface area contributed by atoms with Gasteiger partial charge in [-0.25, -0.2) is 17.2 Å². The van der Waals surface area contributed by atoms with Gasteiger partial charge in [0.1, 0.15) is 0 Å². The summed E-state index contributed by atoms with van der Waals surface area (Å²) in [6, 6.07) is 2.19. The zero-order chi connectivity index (χ0) is 22.3. The van der Waals surface area contributed by atoms with Crippen LogP contribution in [0.15, 0.2) is 18.2 Å². The lowest BCUT2D eigenvalue weighted by molar-refractivity contribution is -0.137. The van der Waals surface area contributed by atoms with Gasteiger partial charge in [-0.05, 0) is 56.2 Å². The number of carbonyl (C=O) groups is 1. The molecule has 168 valence electrons. The third kappa shape index (κ3) is 5.04. The molecule has 0 aliphatic heterocycles. The summed E-state index contributed by atoms with van der Waals surface area (Å²) in [6.45, 7) is 0. The van der Waals surface area contributed by atoms with Crippen molar-refractivity contribution in [1.29, 1.82) is 0 Å². The normalized spacial score (nSPS) is 27.0. The van der Waals surface area contributed by atoms with Gasteiger partial charge >= 0.3 is 6.18 Å². The van der Waals surface area contributed by atoms with Crippen molar-refractivity contribution < 1.29 is 35.2 Å². The number of alkyl halides is 5. The maximum absolute atomic E-state index is 13.3. The molecule has 3 atom stereocenters. The van der Waals surface area contributed by atoms with Gasteiger partial charge in [-0.1, -0.05) is 6.42 Å². The lowest BCUT2D eigenvalue weighted by atomic mass is 9.62. The van der Waals surface area contributed by atoms with Crippen molar-refractivity contribution in [2.75, 3.05) is 11.0 Å². The molecule has 2 bridgehead atoms. The smallest absolute Gasteiger partial charge is 0.347 e. The van der Waals surface area contributed by atoms with Crippen LogP contribution in [-0.4, -0.2) is 32.5 Å². The van der Waals surface area contributed by atoms with Crippen LogP contribution in [-0.2, 0) is 16.2 Å². The highest BCUT2D eigenvalue weighted by Gasteiger charge is 2.47. The Morgan fingerprint density at radius 1 is 1.20 bits per heavy atom. The van der Waals surface area contributed by atoms with Crippen molar-refractivity contribution in [3.8, 4) is 0 Å². The largest absolute Gasteiger partial charge is 0.416 e. The number of amides is 1. The standard InChI is InChI=1S/C19H23F5N2O3S/c1-30(28,29)26-15-5-4-12(19(22,23)24)9-14(15)17(27)25-18-7-2-3-11(10-18)13(6-8-18)16(20)21/h4-5,9,11,13,16,26H,2-3,6-8,10H2,1H3,(H,25,27). The minimum atomic E-state index is -4.72. The summed E-state index contributed by atoms with van der Waals surface area (Å²) in [5.74, 6) is -1.86. The fourth-order valence-electron chi connectivity index (χ4n) is 4.69. The van der Waals surface area contributed by atoms with Gasteiger partial charge in [0.25, 0.3) is 5.91 Å². The number of hydrogen-bond acceptors (Lipinski definition) is 3. The van der Waals surface area contributed by atoms with Crippen LogP contribution in [0.25, 0.3) is 0 Å². The average molecular weight is 454 g/mol. The molecule has 5 nitrogen and oxygen atoms in total. The monoisotopic (exact) mass is 454 g/mol. The molecular weight excluding hydrogens is 431 g/mol. The fourth-order valence-corrected chi connectivity index (χ4v) is 5.27. The van der Waals surface area contributed by atoms with Gasteiger partial charge < -0.3 is 5.32 Å². The summed E-state index contributed by atoms with van der Waals surface area (Å²) in [5, 5.41) is 2.76. The molecule has 2 aliphatic rings. The Morgan fingerprint density at radius 2 is 1.90 bits per heavy atom. The van der Waals surface area contributed by atoms with E-state index in [1.165, 1.54) is 0 Å². The molecule has 1 aromatic rings. The van der Waals surface area contributed by atoms with Crippen LogP contribution in [0.4, 0.5) is 27.6 Å². The Hall–Kier alpha value is -1.91. The van der Waals surface area contributed by atoms with Crippen LogP contribution in [0.1, 0.15) is 54.4 Å². The van der Waals surface area contributed by atoms with E-state index in [0.717, 1.165) is 12.3 Å². The number of anilines is 1. The maximum atomic E-state index is 13.3. The second-order valence-electron chi connectivity index (χ2n) is 8.26. The number of halogens is 5. The molecule has 30 heavy (non-hydrogen) atoms. The Kier molecular flexibility index (Phi) is 6.05. The van der Waals surface area contributed by atoms with Crippen molar-refractivity contribution >= 4 is 21.6 Å². The number of benzene rings is 1. The zero-order valence-corrected chi connectivity index (χ0v) is 17.0. The van der Waals surface area contributed by atoms with Crippen molar-refractivity contribution in [1.82, 2.24) is 5.32 Å². The lowest BCUT2D eigenvalue weighted by Crippen LogP contribution is -2.55. The van der Waals surface area contributed by atoms with Gasteiger partial charge in [0.2, 0.25) is 16.4 Å². The first kappa shape index (κ1) is 22.8. The third-order valence-corrected chi connectivity index (χ3v) is 6.62. The van der Waals surface area contributed by atoms with Gasteiger partial charge in [-0.15, -0.1) is 0 Å². The van der Waals surface area contributed by atoms with E-state index in [-0.39, 0.29) is 18.0 Å². The second-order valence-corrected chi connectivity index (χ2v) is 10.0. The number of carbonyl (C=O) groups excluding carboxylic acids is 1. The van der Waals surface area contributed by atoms with Crippen molar-refractivity contribution in [2.24, 2.45) is 11.8 Å². The summed E-state index contributed by atoms with van der Waals surface area (Å²) in [6.07, 6.45) is -3.69. The quantitative estimate of drug-likeness (QED) is 0.648. The number of nitrogens with one attached hydrogen (secondary N) is 2. The second kappa shape index (κ2) is 7.97. The first-order valence-corrected chi connectivity index (χ1v) is 11.5. The van der Waals surface area contributed by atoms with Crippen LogP contribution in [0.3, 0.4) is 0 Å². The molecule has 1 amide bonds. The maximum Gasteiger partial charge on any atom is 0.416 e. The number of rotatable bonds is 5. The van der Waals surface area contributed by atoms with Crippen molar-refractivity contribution in [2.45, 2.75) is 56.7 Å². The summed E-state index contributed by atoms with van der Waals surface area (Å²) in [7, 11) is -3.84. The SMILES string of the molecule is CS(=O)(=O)Nc1ccc(C(F)(F)F)cc1C(=O)NC12CCCC(C1)C(C(F)F)CC2. The Morgan fingerprint density at radius 3 is 2.50 bits per heavy atom. The zero-order valence-electron chi connectivity index (χ0n) is 16.2. The number of hydrogen-bond donors (Lipinski definition) is 2. The van der Waals surface area contributed by atoms with Gasteiger partial charge in [0.15, 0.2) is 0 Å².